The van der Waals surface area contributed by atoms with Crippen molar-refractivity contribution in [2.75, 3.05) is 5.73 Å². The molecular weight excluding hydrogens is 207 g/mol. The van der Waals surface area contributed by atoms with Gasteiger partial charge in [0.25, 0.3) is 0 Å². The summed E-state index contributed by atoms with van der Waals surface area (Å²) in [5.41, 5.74) is 4.77. The van der Waals surface area contributed by atoms with Crippen molar-refractivity contribution in [1.29, 1.82) is 0 Å². The van der Waals surface area contributed by atoms with E-state index in [2.05, 4.69) is 0 Å². The minimum atomic E-state index is -4.42. The molecule has 0 bridgehead atoms. The molecule has 5 heteroatoms. The van der Waals surface area contributed by atoms with Crippen LogP contribution in [-0.4, -0.2) is 6.29 Å². The summed E-state index contributed by atoms with van der Waals surface area (Å²) in [5.74, 6) is 0. The average molecular weight is 217 g/mol. The molecule has 0 atom stereocenters. The van der Waals surface area contributed by atoms with E-state index in [0.717, 1.165) is 6.07 Å². The van der Waals surface area contributed by atoms with Crippen LogP contribution in [0.15, 0.2) is 18.2 Å². The molecule has 0 radical (unpaired) electrons. The topological polar surface area (TPSA) is 43.1 Å². The number of carbonyl (C=O) groups excluding carboxylic acids is 1. The first-order valence-electron chi connectivity index (χ1n) is 4.34. The number of nitrogen functional groups attached to an aromatic ring is 1. The molecule has 1 aromatic rings. The zero-order valence-corrected chi connectivity index (χ0v) is 7.84. The van der Waals surface area contributed by atoms with E-state index < -0.39 is 11.7 Å². The minimum absolute atomic E-state index is 0.283. The summed E-state index contributed by atoms with van der Waals surface area (Å²) in [5, 5.41) is 0. The molecule has 82 valence electrons. The van der Waals surface area contributed by atoms with E-state index in [1.807, 2.05) is 0 Å². The van der Waals surface area contributed by atoms with Gasteiger partial charge >= 0.3 is 6.18 Å². The first kappa shape index (κ1) is 11.6. The van der Waals surface area contributed by atoms with Crippen LogP contribution in [0.25, 0.3) is 0 Å². The van der Waals surface area contributed by atoms with Crippen LogP contribution in [-0.2, 0) is 17.4 Å². The van der Waals surface area contributed by atoms with Gasteiger partial charge in [-0.1, -0.05) is 6.07 Å². The van der Waals surface area contributed by atoms with Crippen molar-refractivity contribution >= 4 is 12.0 Å². The van der Waals surface area contributed by atoms with Gasteiger partial charge in [-0.15, -0.1) is 0 Å². The Morgan fingerprint density at radius 1 is 1.33 bits per heavy atom. The molecule has 0 unspecified atom stereocenters. The van der Waals surface area contributed by atoms with Gasteiger partial charge in [-0.05, 0) is 24.1 Å². The molecule has 1 rings (SSSR count). The molecule has 0 heterocycles. The number of anilines is 1. The average Bonchev–Trinajstić information content (AvgIpc) is 2.12. The predicted molar refractivity (Wildman–Crippen MR) is 50.2 cm³/mol. The van der Waals surface area contributed by atoms with Crippen LogP contribution < -0.4 is 5.73 Å². The van der Waals surface area contributed by atoms with E-state index in [4.69, 9.17) is 5.73 Å². The third-order valence-corrected chi connectivity index (χ3v) is 1.97. The molecule has 0 saturated carbocycles. The molecule has 2 nitrogen and oxygen atoms in total. The Kier molecular flexibility index (Phi) is 3.34. The van der Waals surface area contributed by atoms with Gasteiger partial charge in [-0.3, -0.25) is 0 Å². The first-order valence-corrected chi connectivity index (χ1v) is 4.34. The second-order valence-electron chi connectivity index (χ2n) is 3.12. The summed E-state index contributed by atoms with van der Waals surface area (Å²) in [4.78, 5) is 10.1. The van der Waals surface area contributed by atoms with Crippen LogP contribution in [0.1, 0.15) is 17.5 Å². The lowest BCUT2D eigenvalue weighted by atomic mass is 10.1. The fourth-order valence-corrected chi connectivity index (χ4v) is 1.25. The molecule has 0 spiro atoms. The lowest BCUT2D eigenvalue weighted by Gasteiger charge is -2.10. The normalized spacial score (nSPS) is 11.4. The number of alkyl halides is 3. The Bertz CT molecular complexity index is 360. The number of hydrogen-bond donors (Lipinski definition) is 1. The van der Waals surface area contributed by atoms with Crippen LogP contribution in [0, 0.1) is 0 Å². The Labute approximate surface area is 84.9 Å². The summed E-state index contributed by atoms with van der Waals surface area (Å²) >= 11 is 0. The number of nitrogens with two attached hydrogens (primary N) is 1. The molecule has 0 aliphatic heterocycles. The van der Waals surface area contributed by atoms with Crippen LogP contribution in [0.4, 0.5) is 18.9 Å². The number of rotatable bonds is 3. The second-order valence-corrected chi connectivity index (χ2v) is 3.12. The maximum Gasteiger partial charge on any atom is 0.418 e. The van der Waals surface area contributed by atoms with Gasteiger partial charge < -0.3 is 10.5 Å². The number of halogens is 3. The van der Waals surface area contributed by atoms with Crippen LogP contribution >= 0.6 is 0 Å². The summed E-state index contributed by atoms with van der Waals surface area (Å²) in [6.45, 7) is 0. The van der Waals surface area contributed by atoms with Gasteiger partial charge in [-0.2, -0.15) is 13.2 Å². The van der Waals surface area contributed by atoms with Gasteiger partial charge in [-0.25, -0.2) is 0 Å². The van der Waals surface area contributed by atoms with Crippen molar-refractivity contribution in [2.45, 2.75) is 19.0 Å². The van der Waals surface area contributed by atoms with E-state index in [1.54, 1.807) is 0 Å². The third-order valence-electron chi connectivity index (χ3n) is 1.97. The van der Waals surface area contributed by atoms with Crippen molar-refractivity contribution in [2.24, 2.45) is 0 Å². The highest BCUT2D eigenvalue weighted by atomic mass is 19.4. The van der Waals surface area contributed by atoms with Crippen molar-refractivity contribution in [3.8, 4) is 0 Å². The molecular formula is C10H10F3NO. The zero-order chi connectivity index (χ0) is 11.5. The monoisotopic (exact) mass is 217 g/mol. The number of hydrogen-bond acceptors (Lipinski definition) is 2. The van der Waals surface area contributed by atoms with Crippen molar-refractivity contribution < 1.29 is 18.0 Å². The van der Waals surface area contributed by atoms with Crippen LogP contribution in [0.5, 0.6) is 0 Å². The Balaban J connectivity index is 2.93. The second kappa shape index (κ2) is 4.33. The lowest BCUT2D eigenvalue weighted by molar-refractivity contribution is -0.136. The van der Waals surface area contributed by atoms with Gasteiger partial charge in [0.15, 0.2) is 0 Å². The molecule has 0 aromatic heterocycles. The molecule has 0 aliphatic carbocycles. The van der Waals surface area contributed by atoms with Crippen molar-refractivity contribution in [1.82, 2.24) is 0 Å². The predicted octanol–water partition coefficient (Wildman–Crippen LogP) is 2.42. The third kappa shape index (κ3) is 2.97. The summed E-state index contributed by atoms with van der Waals surface area (Å²) in [6, 6.07) is 3.53. The fraction of sp³-hybridized carbons (Fsp3) is 0.300. The Morgan fingerprint density at radius 2 is 2.00 bits per heavy atom. The van der Waals surface area contributed by atoms with E-state index in [-0.39, 0.29) is 12.1 Å². The highest BCUT2D eigenvalue weighted by Crippen LogP contribution is 2.33. The lowest BCUT2D eigenvalue weighted by Crippen LogP contribution is -2.09. The van der Waals surface area contributed by atoms with Crippen LogP contribution in [0.2, 0.25) is 0 Å². The van der Waals surface area contributed by atoms with Gasteiger partial charge in [0.2, 0.25) is 0 Å². The first-order chi connectivity index (χ1) is 6.95. The molecule has 0 amide bonds. The highest BCUT2D eigenvalue weighted by Gasteiger charge is 2.32. The minimum Gasteiger partial charge on any atom is -0.398 e. The summed E-state index contributed by atoms with van der Waals surface area (Å²) < 4.78 is 36.9. The van der Waals surface area contributed by atoms with Crippen molar-refractivity contribution in [3.05, 3.63) is 29.3 Å². The quantitative estimate of drug-likeness (QED) is 0.624. The van der Waals surface area contributed by atoms with Crippen molar-refractivity contribution in [3.63, 3.8) is 0 Å². The van der Waals surface area contributed by atoms with Gasteiger partial charge in [0.05, 0.1) is 5.56 Å². The summed E-state index contributed by atoms with van der Waals surface area (Å²) in [7, 11) is 0. The molecule has 0 fully saturated rings. The summed E-state index contributed by atoms with van der Waals surface area (Å²) in [6.07, 6.45) is -3.02. The van der Waals surface area contributed by atoms with E-state index in [1.165, 1.54) is 12.1 Å². The molecule has 1 aromatic carbocycles. The van der Waals surface area contributed by atoms with Crippen LogP contribution in [0.3, 0.4) is 0 Å². The van der Waals surface area contributed by atoms with Gasteiger partial charge in [0, 0.05) is 12.1 Å². The zero-order valence-electron chi connectivity index (χ0n) is 7.84. The fourth-order valence-electron chi connectivity index (χ4n) is 1.25. The Morgan fingerprint density at radius 3 is 2.47 bits per heavy atom. The smallest absolute Gasteiger partial charge is 0.398 e. The van der Waals surface area contributed by atoms with E-state index in [0.29, 0.717) is 18.3 Å². The maximum atomic E-state index is 12.3. The Hall–Kier alpha value is -1.52. The molecule has 0 saturated heterocycles. The SMILES string of the molecule is Nc1cc(CCC=O)ccc1C(F)(F)F. The molecule has 2 N–H and O–H groups in total. The number of carbonyl (C=O) groups is 1. The van der Waals surface area contributed by atoms with E-state index in [9.17, 15) is 18.0 Å². The number of aldehydes is 1. The largest absolute Gasteiger partial charge is 0.418 e. The standard InChI is InChI=1S/C10H10F3NO/c11-10(12,13)8-4-3-7(2-1-5-15)6-9(8)14/h3-6H,1-2,14H2. The number of aryl methyl sites for hydroxylation is 1. The highest BCUT2D eigenvalue weighted by molar-refractivity contribution is 5.53. The van der Waals surface area contributed by atoms with E-state index >= 15 is 0 Å². The number of benzene rings is 1. The molecule has 15 heavy (non-hydrogen) atoms. The van der Waals surface area contributed by atoms with Gasteiger partial charge in [0.1, 0.15) is 6.29 Å². The maximum absolute atomic E-state index is 12.3. The molecule has 0 aliphatic rings.